The molecule has 0 radical (unpaired) electrons. The van der Waals surface area contributed by atoms with Gasteiger partial charge in [-0.3, -0.25) is 5.32 Å². The molecule has 5 nitrogen and oxygen atoms in total. The number of hydrogen-bond donors (Lipinski definition) is 2. The topological polar surface area (TPSA) is 75.6 Å². The Kier molecular flexibility index (Phi) is 6.06. The van der Waals surface area contributed by atoms with Crippen LogP contribution in [0.15, 0.2) is 41.6 Å². The van der Waals surface area contributed by atoms with E-state index < -0.39 is 29.9 Å². The lowest BCUT2D eigenvalue weighted by Crippen LogP contribution is -2.31. The standard InChI is InChI=1S/C17H18F3NO4/c18-17(19,20)13-8-6-12(7-9-13)14(15(22)23)21-16(24)25-10-11-4-2-1-3-5-11/h1-5,13H,6-10H2,(H,21,24)(H,22,23). The van der Waals surface area contributed by atoms with Crippen molar-refractivity contribution >= 4 is 12.1 Å². The number of benzene rings is 1. The van der Waals surface area contributed by atoms with Crippen molar-refractivity contribution in [3.05, 3.63) is 47.2 Å². The molecule has 8 heteroatoms. The number of aliphatic carboxylic acids is 1. The van der Waals surface area contributed by atoms with Crippen LogP contribution in [0.4, 0.5) is 18.0 Å². The molecule has 0 bridgehead atoms. The minimum absolute atomic E-state index is 0.0230. The molecule has 1 aliphatic rings. The molecule has 0 aliphatic heterocycles. The highest BCUT2D eigenvalue weighted by atomic mass is 19.4. The number of carboxylic acids is 1. The molecule has 2 N–H and O–H groups in total. The van der Waals surface area contributed by atoms with Crippen LogP contribution in [0.5, 0.6) is 0 Å². The Labute approximate surface area is 142 Å². The maximum Gasteiger partial charge on any atom is 0.412 e. The summed E-state index contributed by atoms with van der Waals surface area (Å²) in [7, 11) is 0. The van der Waals surface area contributed by atoms with Crippen LogP contribution >= 0.6 is 0 Å². The van der Waals surface area contributed by atoms with Gasteiger partial charge in [0.15, 0.2) is 0 Å². The predicted molar refractivity (Wildman–Crippen MR) is 82.4 cm³/mol. The Bertz CT molecular complexity index is 646. The van der Waals surface area contributed by atoms with Gasteiger partial charge in [-0.25, -0.2) is 9.59 Å². The van der Waals surface area contributed by atoms with Gasteiger partial charge in [0.2, 0.25) is 0 Å². The lowest BCUT2D eigenvalue weighted by Gasteiger charge is -2.26. The van der Waals surface area contributed by atoms with Crippen LogP contribution in [0.25, 0.3) is 0 Å². The van der Waals surface area contributed by atoms with Crippen LogP contribution < -0.4 is 5.32 Å². The second-order valence-corrected chi connectivity index (χ2v) is 5.79. The van der Waals surface area contributed by atoms with Crippen molar-refractivity contribution < 1.29 is 32.6 Å². The zero-order valence-electron chi connectivity index (χ0n) is 13.3. The first kappa shape index (κ1) is 18.8. The SMILES string of the molecule is O=C(NC(C(=O)O)=C1CCC(C(F)(F)F)CC1)OCc1ccccc1. The molecule has 1 aliphatic carbocycles. The number of alkyl halides is 3. The highest BCUT2D eigenvalue weighted by Gasteiger charge is 2.41. The van der Waals surface area contributed by atoms with Crippen LogP contribution in [0.1, 0.15) is 31.2 Å². The molecule has 1 fully saturated rings. The molecule has 2 rings (SSSR count). The number of carboxylic acid groups (broad SMARTS) is 1. The molecular formula is C17H18F3NO4. The van der Waals surface area contributed by atoms with Crippen molar-refractivity contribution in [1.82, 2.24) is 5.32 Å². The van der Waals surface area contributed by atoms with Crippen LogP contribution in [-0.4, -0.2) is 23.3 Å². The van der Waals surface area contributed by atoms with Crippen LogP contribution in [0.3, 0.4) is 0 Å². The Hall–Kier alpha value is -2.51. The second kappa shape index (κ2) is 8.04. The molecule has 1 aromatic carbocycles. The zero-order chi connectivity index (χ0) is 18.4. The summed E-state index contributed by atoms with van der Waals surface area (Å²) in [5.74, 6) is -2.83. The number of amides is 1. The van der Waals surface area contributed by atoms with Crippen LogP contribution in [-0.2, 0) is 16.1 Å². The second-order valence-electron chi connectivity index (χ2n) is 5.79. The fourth-order valence-electron chi connectivity index (χ4n) is 2.70. The van der Waals surface area contributed by atoms with Gasteiger partial charge in [0.05, 0.1) is 5.92 Å². The fourth-order valence-corrected chi connectivity index (χ4v) is 2.70. The summed E-state index contributed by atoms with van der Waals surface area (Å²) in [6, 6.07) is 8.80. The van der Waals surface area contributed by atoms with E-state index in [-0.39, 0.29) is 32.3 Å². The third-order valence-corrected chi connectivity index (χ3v) is 4.06. The summed E-state index contributed by atoms with van der Waals surface area (Å²) in [4.78, 5) is 23.1. The normalized spacial score (nSPS) is 17.7. The van der Waals surface area contributed by atoms with E-state index in [1.807, 2.05) is 0 Å². The lowest BCUT2D eigenvalue weighted by molar-refractivity contribution is -0.179. The first-order chi connectivity index (χ1) is 11.8. The van der Waals surface area contributed by atoms with E-state index in [0.717, 1.165) is 5.56 Å². The summed E-state index contributed by atoms with van der Waals surface area (Å²) in [5, 5.41) is 11.4. The zero-order valence-corrected chi connectivity index (χ0v) is 13.3. The molecule has 0 heterocycles. The third-order valence-electron chi connectivity index (χ3n) is 4.06. The van der Waals surface area contributed by atoms with Gasteiger partial charge in [-0.05, 0) is 36.8 Å². The minimum Gasteiger partial charge on any atom is -0.477 e. The Morgan fingerprint density at radius 1 is 1.16 bits per heavy atom. The molecule has 0 spiro atoms. The first-order valence-electron chi connectivity index (χ1n) is 7.77. The molecule has 0 atom stereocenters. The van der Waals surface area contributed by atoms with Gasteiger partial charge >= 0.3 is 18.2 Å². The van der Waals surface area contributed by atoms with Gasteiger partial charge < -0.3 is 9.84 Å². The lowest BCUT2D eigenvalue weighted by atomic mass is 9.84. The Balaban J connectivity index is 1.96. The van der Waals surface area contributed by atoms with Crippen molar-refractivity contribution in [2.45, 2.75) is 38.5 Å². The first-order valence-corrected chi connectivity index (χ1v) is 7.77. The molecule has 1 amide bonds. The van der Waals surface area contributed by atoms with E-state index in [2.05, 4.69) is 5.32 Å². The maximum atomic E-state index is 12.7. The fraction of sp³-hybridized carbons (Fsp3) is 0.412. The van der Waals surface area contributed by atoms with Gasteiger partial charge in [0.1, 0.15) is 12.3 Å². The van der Waals surface area contributed by atoms with E-state index in [1.165, 1.54) is 0 Å². The summed E-state index contributed by atoms with van der Waals surface area (Å²) in [6.07, 6.45) is -5.65. The van der Waals surface area contributed by atoms with Crippen LogP contribution in [0.2, 0.25) is 0 Å². The van der Waals surface area contributed by atoms with E-state index in [1.54, 1.807) is 30.3 Å². The predicted octanol–water partition coefficient (Wildman–Crippen LogP) is 4.00. The van der Waals surface area contributed by atoms with Crippen molar-refractivity contribution in [3.63, 3.8) is 0 Å². The van der Waals surface area contributed by atoms with Crippen molar-refractivity contribution in [3.8, 4) is 0 Å². The smallest absolute Gasteiger partial charge is 0.412 e. The summed E-state index contributed by atoms with van der Waals surface area (Å²) in [6.45, 7) is -0.0367. The molecule has 0 saturated heterocycles. The highest BCUT2D eigenvalue weighted by Crippen LogP contribution is 2.39. The number of halogens is 3. The number of rotatable bonds is 4. The number of allylic oxidation sites excluding steroid dienone is 1. The molecule has 25 heavy (non-hydrogen) atoms. The number of carbonyl (C=O) groups is 2. The summed E-state index contributed by atoms with van der Waals surface area (Å²) < 4.78 is 43.0. The average Bonchev–Trinajstić information content (AvgIpc) is 2.58. The summed E-state index contributed by atoms with van der Waals surface area (Å²) in [5.41, 5.74) is 0.635. The van der Waals surface area contributed by atoms with Crippen molar-refractivity contribution in [2.75, 3.05) is 0 Å². The number of nitrogens with one attached hydrogen (secondary N) is 1. The van der Waals surface area contributed by atoms with Gasteiger partial charge in [0, 0.05) is 0 Å². The number of alkyl carbamates (subject to hydrolysis) is 1. The molecule has 1 saturated carbocycles. The van der Waals surface area contributed by atoms with Gasteiger partial charge in [-0.1, -0.05) is 30.3 Å². The maximum absolute atomic E-state index is 12.7. The molecule has 136 valence electrons. The quantitative estimate of drug-likeness (QED) is 0.799. The monoisotopic (exact) mass is 357 g/mol. The van der Waals surface area contributed by atoms with Gasteiger partial charge in [0.25, 0.3) is 0 Å². The molecule has 0 aromatic heterocycles. The molecule has 0 unspecified atom stereocenters. The average molecular weight is 357 g/mol. The van der Waals surface area contributed by atoms with E-state index in [9.17, 15) is 27.9 Å². The van der Waals surface area contributed by atoms with Crippen molar-refractivity contribution in [2.24, 2.45) is 5.92 Å². The highest BCUT2D eigenvalue weighted by molar-refractivity contribution is 5.91. The van der Waals surface area contributed by atoms with E-state index in [4.69, 9.17) is 4.74 Å². The number of carbonyl (C=O) groups excluding carboxylic acids is 1. The van der Waals surface area contributed by atoms with Gasteiger partial charge in [-0.15, -0.1) is 0 Å². The Morgan fingerprint density at radius 2 is 1.76 bits per heavy atom. The summed E-state index contributed by atoms with van der Waals surface area (Å²) >= 11 is 0. The largest absolute Gasteiger partial charge is 0.477 e. The number of ether oxygens (including phenoxy) is 1. The van der Waals surface area contributed by atoms with Crippen molar-refractivity contribution in [1.29, 1.82) is 0 Å². The van der Waals surface area contributed by atoms with E-state index in [0.29, 0.717) is 5.57 Å². The van der Waals surface area contributed by atoms with E-state index >= 15 is 0 Å². The number of hydrogen-bond acceptors (Lipinski definition) is 3. The minimum atomic E-state index is -4.28. The molecular weight excluding hydrogens is 339 g/mol. The third kappa shape index (κ3) is 5.51. The van der Waals surface area contributed by atoms with Crippen LogP contribution in [0, 0.1) is 5.92 Å². The van der Waals surface area contributed by atoms with Gasteiger partial charge in [-0.2, -0.15) is 13.2 Å². The Morgan fingerprint density at radius 3 is 2.28 bits per heavy atom. The molecule has 1 aromatic rings.